The van der Waals surface area contributed by atoms with Crippen LogP contribution >= 0.6 is 0 Å². The summed E-state index contributed by atoms with van der Waals surface area (Å²) in [4.78, 5) is 19.0. The molecule has 0 aliphatic heterocycles. The third-order valence-corrected chi connectivity index (χ3v) is 2.93. The van der Waals surface area contributed by atoms with E-state index in [4.69, 9.17) is 5.73 Å². The average molecular weight is 266 g/mol. The summed E-state index contributed by atoms with van der Waals surface area (Å²) in [5, 5.41) is 12.0. The summed E-state index contributed by atoms with van der Waals surface area (Å²) >= 11 is 0. The standard InChI is InChI=1S/C14H10N4O2/c15-13-8-7-12(18(19)20)14(17-13)11-6-5-9-3-1-2-4-10(9)16-11/h1-8H,(H2,15,17). The Bertz CT molecular complexity index is 817. The van der Waals surface area contributed by atoms with Gasteiger partial charge in [0, 0.05) is 11.5 Å². The van der Waals surface area contributed by atoms with Crippen molar-refractivity contribution in [3.8, 4) is 11.4 Å². The Hall–Kier alpha value is -3.02. The van der Waals surface area contributed by atoms with Gasteiger partial charge in [-0.1, -0.05) is 24.3 Å². The molecule has 0 saturated heterocycles. The lowest BCUT2D eigenvalue weighted by molar-refractivity contribution is -0.384. The van der Waals surface area contributed by atoms with Crippen LogP contribution in [-0.2, 0) is 0 Å². The van der Waals surface area contributed by atoms with Gasteiger partial charge in [0.2, 0.25) is 0 Å². The lowest BCUT2D eigenvalue weighted by Gasteiger charge is -2.04. The average Bonchev–Trinajstić information content (AvgIpc) is 2.46. The van der Waals surface area contributed by atoms with Crippen LogP contribution in [-0.4, -0.2) is 14.9 Å². The maximum atomic E-state index is 11.1. The van der Waals surface area contributed by atoms with Gasteiger partial charge in [0.15, 0.2) is 5.69 Å². The second-order valence-corrected chi connectivity index (χ2v) is 4.25. The van der Waals surface area contributed by atoms with Crippen LogP contribution in [0.2, 0.25) is 0 Å². The van der Waals surface area contributed by atoms with Crippen LogP contribution in [0.1, 0.15) is 0 Å². The molecule has 3 rings (SSSR count). The van der Waals surface area contributed by atoms with Crippen LogP contribution in [0.3, 0.4) is 0 Å². The minimum atomic E-state index is -0.487. The Morgan fingerprint density at radius 3 is 2.60 bits per heavy atom. The molecule has 0 atom stereocenters. The summed E-state index contributed by atoms with van der Waals surface area (Å²) in [5.41, 5.74) is 6.87. The van der Waals surface area contributed by atoms with Crippen molar-refractivity contribution in [2.75, 3.05) is 5.73 Å². The molecule has 2 aromatic heterocycles. The fraction of sp³-hybridized carbons (Fsp3) is 0. The van der Waals surface area contributed by atoms with E-state index < -0.39 is 4.92 Å². The molecular weight excluding hydrogens is 256 g/mol. The third-order valence-electron chi connectivity index (χ3n) is 2.93. The van der Waals surface area contributed by atoms with Crippen molar-refractivity contribution in [2.45, 2.75) is 0 Å². The van der Waals surface area contributed by atoms with Gasteiger partial charge in [-0.2, -0.15) is 0 Å². The van der Waals surface area contributed by atoms with Gasteiger partial charge >= 0.3 is 0 Å². The molecule has 0 unspecified atom stereocenters. The number of pyridine rings is 2. The number of fused-ring (bicyclic) bond motifs is 1. The number of nitrogens with two attached hydrogens (primary N) is 1. The highest BCUT2D eigenvalue weighted by molar-refractivity contribution is 5.82. The highest BCUT2D eigenvalue weighted by Crippen LogP contribution is 2.28. The number of hydrogen-bond acceptors (Lipinski definition) is 5. The highest BCUT2D eigenvalue weighted by atomic mass is 16.6. The summed E-state index contributed by atoms with van der Waals surface area (Å²) in [5.74, 6) is 0.223. The Morgan fingerprint density at radius 2 is 1.80 bits per heavy atom. The Kier molecular flexibility index (Phi) is 2.76. The molecular formula is C14H10N4O2. The number of rotatable bonds is 2. The van der Waals surface area contributed by atoms with Crippen LogP contribution < -0.4 is 5.73 Å². The van der Waals surface area contributed by atoms with Gasteiger partial charge in [0.1, 0.15) is 5.82 Å². The second kappa shape index (κ2) is 4.58. The number of para-hydroxylation sites is 1. The number of aromatic nitrogens is 2. The van der Waals surface area contributed by atoms with E-state index in [0.717, 1.165) is 10.9 Å². The predicted molar refractivity (Wildman–Crippen MR) is 76.0 cm³/mol. The van der Waals surface area contributed by atoms with Crippen LogP contribution in [0.5, 0.6) is 0 Å². The molecule has 2 N–H and O–H groups in total. The molecule has 0 aliphatic carbocycles. The fourth-order valence-electron chi connectivity index (χ4n) is 2.00. The molecule has 0 saturated carbocycles. The van der Waals surface area contributed by atoms with E-state index in [1.54, 1.807) is 6.07 Å². The van der Waals surface area contributed by atoms with Crippen LogP contribution in [0.15, 0.2) is 48.5 Å². The van der Waals surface area contributed by atoms with Gasteiger partial charge < -0.3 is 5.73 Å². The van der Waals surface area contributed by atoms with Crippen molar-refractivity contribution in [1.29, 1.82) is 0 Å². The summed E-state index contributed by atoms with van der Waals surface area (Å²) in [6, 6.07) is 13.8. The number of nitrogen functional groups attached to an aromatic ring is 1. The first kappa shape index (κ1) is 12.0. The number of hydrogen-bond donors (Lipinski definition) is 1. The normalized spacial score (nSPS) is 10.6. The van der Waals surface area contributed by atoms with Crippen molar-refractivity contribution in [2.24, 2.45) is 0 Å². The minimum Gasteiger partial charge on any atom is -0.384 e. The minimum absolute atomic E-state index is 0.109. The van der Waals surface area contributed by atoms with Crippen LogP contribution in [0, 0.1) is 10.1 Å². The zero-order chi connectivity index (χ0) is 14.1. The van der Waals surface area contributed by atoms with E-state index in [0.29, 0.717) is 5.69 Å². The molecule has 6 nitrogen and oxygen atoms in total. The van der Waals surface area contributed by atoms with E-state index in [1.165, 1.54) is 12.1 Å². The number of nitro groups is 1. The van der Waals surface area contributed by atoms with Crippen molar-refractivity contribution < 1.29 is 4.92 Å². The molecule has 0 bridgehead atoms. The monoisotopic (exact) mass is 266 g/mol. The first-order valence-corrected chi connectivity index (χ1v) is 5.92. The van der Waals surface area contributed by atoms with Gasteiger partial charge in [-0.05, 0) is 18.2 Å². The van der Waals surface area contributed by atoms with Crippen molar-refractivity contribution >= 4 is 22.4 Å². The van der Waals surface area contributed by atoms with Crippen LogP contribution in [0.25, 0.3) is 22.3 Å². The zero-order valence-electron chi connectivity index (χ0n) is 10.4. The number of benzene rings is 1. The van der Waals surface area contributed by atoms with Gasteiger partial charge in [-0.25, -0.2) is 9.97 Å². The smallest absolute Gasteiger partial charge is 0.297 e. The number of anilines is 1. The quantitative estimate of drug-likeness (QED) is 0.568. The summed E-state index contributed by atoms with van der Waals surface area (Å²) in [6.45, 7) is 0. The van der Waals surface area contributed by atoms with E-state index in [9.17, 15) is 10.1 Å². The van der Waals surface area contributed by atoms with E-state index in [-0.39, 0.29) is 17.2 Å². The Balaban J connectivity index is 2.24. The lowest BCUT2D eigenvalue weighted by atomic mass is 10.1. The van der Waals surface area contributed by atoms with Crippen molar-refractivity contribution in [1.82, 2.24) is 9.97 Å². The second-order valence-electron chi connectivity index (χ2n) is 4.25. The molecule has 0 aliphatic rings. The molecule has 0 radical (unpaired) electrons. The van der Waals surface area contributed by atoms with Crippen LogP contribution in [0.4, 0.5) is 11.5 Å². The maximum absolute atomic E-state index is 11.1. The van der Waals surface area contributed by atoms with Gasteiger partial charge in [-0.15, -0.1) is 0 Å². The molecule has 20 heavy (non-hydrogen) atoms. The van der Waals surface area contributed by atoms with E-state index in [2.05, 4.69) is 9.97 Å². The zero-order valence-corrected chi connectivity index (χ0v) is 10.4. The fourth-order valence-corrected chi connectivity index (χ4v) is 2.00. The maximum Gasteiger partial charge on any atom is 0.297 e. The Morgan fingerprint density at radius 1 is 1.00 bits per heavy atom. The van der Waals surface area contributed by atoms with Gasteiger partial charge in [0.25, 0.3) is 5.69 Å². The predicted octanol–water partition coefficient (Wildman–Crippen LogP) is 2.79. The largest absolute Gasteiger partial charge is 0.384 e. The Labute approximate surface area is 114 Å². The molecule has 3 aromatic rings. The molecule has 1 aromatic carbocycles. The molecule has 98 valence electrons. The van der Waals surface area contributed by atoms with E-state index >= 15 is 0 Å². The summed E-state index contributed by atoms with van der Waals surface area (Å²) < 4.78 is 0. The number of nitrogens with zero attached hydrogens (tertiary/aromatic N) is 3. The molecule has 2 heterocycles. The molecule has 6 heteroatoms. The third kappa shape index (κ3) is 2.03. The highest BCUT2D eigenvalue weighted by Gasteiger charge is 2.18. The van der Waals surface area contributed by atoms with E-state index in [1.807, 2.05) is 30.3 Å². The molecule has 0 amide bonds. The summed E-state index contributed by atoms with van der Waals surface area (Å²) in [7, 11) is 0. The van der Waals surface area contributed by atoms with Gasteiger partial charge in [0.05, 0.1) is 16.1 Å². The first-order valence-electron chi connectivity index (χ1n) is 5.92. The molecule has 0 fully saturated rings. The molecule has 0 spiro atoms. The lowest BCUT2D eigenvalue weighted by Crippen LogP contribution is -1.99. The first-order chi connectivity index (χ1) is 9.65. The topological polar surface area (TPSA) is 94.9 Å². The SMILES string of the molecule is Nc1ccc([N+](=O)[O-])c(-c2ccc3ccccc3n2)n1. The summed E-state index contributed by atoms with van der Waals surface area (Å²) in [6.07, 6.45) is 0. The van der Waals surface area contributed by atoms with Crippen molar-refractivity contribution in [3.05, 3.63) is 58.6 Å². The van der Waals surface area contributed by atoms with Crippen molar-refractivity contribution in [3.63, 3.8) is 0 Å². The van der Waals surface area contributed by atoms with Gasteiger partial charge in [-0.3, -0.25) is 10.1 Å².